The van der Waals surface area contributed by atoms with E-state index in [1.165, 1.54) is 18.4 Å². The second kappa shape index (κ2) is 5.49. The molecule has 1 aromatic heterocycles. The quantitative estimate of drug-likeness (QED) is 0.822. The first-order valence-electron chi connectivity index (χ1n) is 5.69. The maximum absolute atomic E-state index is 11.4. The molecule has 0 saturated heterocycles. The van der Waals surface area contributed by atoms with E-state index in [4.69, 9.17) is 0 Å². The molecule has 4 nitrogen and oxygen atoms in total. The molecule has 96 valence electrons. The van der Waals surface area contributed by atoms with E-state index >= 15 is 0 Å². The Morgan fingerprint density at radius 2 is 2.18 bits per heavy atom. The molecule has 0 aliphatic heterocycles. The summed E-state index contributed by atoms with van der Waals surface area (Å²) in [6.07, 6.45) is 1.09. The minimum absolute atomic E-state index is 0.227. The molecule has 1 aromatic rings. The van der Waals surface area contributed by atoms with Crippen molar-refractivity contribution >= 4 is 22.4 Å². The lowest BCUT2D eigenvalue weighted by atomic mass is 9.90. The van der Waals surface area contributed by atoms with Crippen LogP contribution in [0.15, 0.2) is 0 Å². The fraction of sp³-hybridized carbons (Fsp3) is 0.667. The summed E-state index contributed by atoms with van der Waals surface area (Å²) in [6, 6.07) is 0. The Labute approximate surface area is 106 Å². The number of hydrogen-bond acceptors (Lipinski definition) is 5. The van der Waals surface area contributed by atoms with Gasteiger partial charge < -0.3 is 10.1 Å². The van der Waals surface area contributed by atoms with Crippen LogP contribution in [-0.2, 0) is 4.74 Å². The Bertz CT molecular complexity index is 399. The predicted octanol–water partition coefficient (Wildman–Crippen LogP) is 3.09. The number of thiazole rings is 1. The third-order valence-corrected chi connectivity index (χ3v) is 3.78. The number of aromatic nitrogens is 1. The normalized spacial score (nSPS) is 11.4. The Balaban J connectivity index is 2.71. The average molecular weight is 256 g/mol. The fourth-order valence-electron chi connectivity index (χ4n) is 1.20. The molecule has 0 bridgehead atoms. The lowest BCUT2D eigenvalue weighted by Gasteiger charge is -2.22. The standard InChI is InChI=1S/C12H20N2O2S/c1-6-12(3,4)7-13-11-14-9(8(2)17-11)10(15)16-5/h6-7H2,1-5H3,(H,13,14). The van der Waals surface area contributed by atoms with Gasteiger partial charge in [-0.1, -0.05) is 20.8 Å². The van der Waals surface area contributed by atoms with Crippen molar-refractivity contribution in [3.05, 3.63) is 10.6 Å². The molecular weight excluding hydrogens is 236 g/mol. The van der Waals surface area contributed by atoms with Gasteiger partial charge in [-0.3, -0.25) is 0 Å². The third kappa shape index (κ3) is 3.70. The van der Waals surface area contributed by atoms with E-state index in [9.17, 15) is 4.79 Å². The minimum Gasteiger partial charge on any atom is -0.464 e. The number of anilines is 1. The molecule has 17 heavy (non-hydrogen) atoms. The van der Waals surface area contributed by atoms with Crippen molar-refractivity contribution in [2.24, 2.45) is 5.41 Å². The molecule has 1 rings (SSSR count). The summed E-state index contributed by atoms with van der Waals surface area (Å²) < 4.78 is 4.67. The first-order chi connectivity index (χ1) is 7.89. The molecule has 0 spiro atoms. The summed E-state index contributed by atoms with van der Waals surface area (Å²) in [6.45, 7) is 9.27. The summed E-state index contributed by atoms with van der Waals surface area (Å²) in [5, 5.41) is 4.06. The van der Waals surface area contributed by atoms with Crippen LogP contribution in [0, 0.1) is 12.3 Å². The number of carbonyl (C=O) groups excluding carboxylic acids is 1. The minimum atomic E-state index is -0.374. The van der Waals surface area contributed by atoms with Crippen molar-refractivity contribution in [1.82, 2.24) is 4.98 Å². The van der Waals surface area contributed by atoms with Gasteiger partial charge in [-0.15, -0.1) is 11.3 Å². The van der Waals surface area contributed by atoms with Crippen LogP contribution in [0.1, 0.15) is 42.6 Å². The molecule has 0 aliphatic rings. The van der Waals surface area contributed by atoms with Crippen LogP contribution in [0.3, 0.4) is 0 Å². The number of rotatable bonds is 5. The van der Waals surface area contributed by atoms with Gasteiger partial charge >= 0.3 is 5.97 Å². The van der Waals surface area contributed by atoms with Gasteiger partial charge in [0.25, 0.3) is 0 Å². The predicted molar refractivity (Wildman–Crippen MR) is 70.8 cm³/mol. The number of carbonyl (C=O) groups is 1. The van der Waals surface area contributed by atoms with Crippen LogP contribution in [0.2, 0.25) is 0 Å². The van der Waals surface area contributed by atoms with Crippen LogP contribution < -0.4 is 5.32 Å². The number of aryl methyl sites for hydroxylation is 1. The van der Waals surface area contributed by atoms with Crippen molar-refractivity contribution in [1.29, 1.82) is 0 Å². The van der Waals surface area contributed by atoms with Gasteiger partial charge in [0.05, 0.1) is 7.11 Å². The SMILES string of the molecule is CCC(C)(C)CNc1nc(C(=O)OC)c(C)s1. The van der Waals surface area contributed by atoms with Crippen LogP contribution >= 0.6 is 11.3 Å². The Hall–Kier alpha value is -1.10. The van der Waals surface area contributed by atoms with E-state index in [0.717, 1.165) is 23.0 Å². The first kappa shape index (κ1) is 14.0. The summed E-state index contributed by atoms with van der Waals surface area (Å²) in [4.78, 5) is 16.5. The zero-order valence-corrected chi connectivity index (χ0v) is 11.9. The smallest absolute Gasteiger partial charge is 0.357 e. The lowest BCUT2D eigenvalue weighted by Crippen LogP contribution is -2.21. The molecule has 0 aromatic carbocycles. The number of nitrogens with one attached hydrogen (secondary N) is 1. The van der Waals surface area contributed by atoms with Crippen molar-refractivity contribution in [3.8, 4) is 0 Å². The van der Waals surface area contributed by atoms with Crippen LogP contribution in [0.4, 0.5) is 5.13 Å². The van der Waals surface area contributed by atoms with E-state index < -0.39 is 0 Å². The summed E-state index contributed by atoms with van der Waals surface area (Å²) in [7, 11) is 1.37. The highest BCUT2D eigenvalue weighted by Crippen LogP contribution is 2.25. The first-order valence-corrected chi connectivity index (χ1v) is 6.51. The molecule has 1 heterocycles. The molecule has 1 N–H and O–H groups in total. The maximum atomic E-state index is 11.4. The number of nitrogens with zero attached hydrogens (tertiary/aromatic N) is 1. The zero-order valence-electron chi connectivity index (χ0n) is 11.1. The molecule has 0 amide bonds. The average Bonchev–Trinajstić information content (AvgIpc) is 2.67. The molecule has 0 saturated carbocycles. The second-order valence-electron chi connectivity index (χ2n) is 4.79. The highest BCUT2D eigenvalue weighted by Gasteiger charge is 2.18. The largest absolute Gasteiger partial charge is 0.464 e. The van der Waals surface area contributed by atoms with Crippen LogP contribution in [-0.4, -0.2) is 24.6 Å². The highest BCUT2D eigenvalue weighted by molar-refractivity contribution is 7.15. The summed E-state index contributed by atoms with van der Waals surface area (Å²) >= 11 is 1.49. The molecule has 0 fully saturated rings. The Kier molecular flexibility index (Phi) is 4.51. The van der Waals surface area contributed by atoms with Crippen molar-refractivity contribution in [2.45, 2.75) is 34.1 Å². The second-order valence-corrected chi connectivity index (χ2v) is 5.99. The van der Waals surface area contributed by atoms with Gasteiger partial charge in [-0.2, -0.15) is 0 Å². The molecule has 0 atom stereocenters. The highest BCUT2D eigenvalue weighted by atomic mass is 32.1. The molecular formula is C12H20N2O2S. The van der Waals surface area contributed by atoms with E-state index in [2.05, 4.69) is 35.8 Å². The monoisotopic (exact) mass is 256 g/mol. The van der Waals surface area contributed by atoms with E-state index in [-0.39, 0.29) is 11.4 Å². The number of methoxy groups -OCH3 is 1. The fourth-order valence-corrected chi connectivity index (χ4v) is 1.99. The number of hydrogen-bond donors (Lipinski definition) is 1. The summed E-state index contributed by atoms with van der Waals surface area (Å²) in [5.74, 6) is -0.374. The van der Waals surface area contributed by atoms with Gasteiger partial charge in [-0.05, 0) is 18.8 Å². The van der Waals surface area contributed by atoms with Gasteiger partial charge in [0.2, 0.25) is 0 Å². The van der Waals surface area contributed by atoms with E-state index in [1.54, 1.807) is 0 Å². The number of esters is 1. The number of ether oxygens (including phenoxy) is 1. The maximum Gasteiger partial charge on any atom is 0.357 e. The molecule has 0 radical (unpaired) electrons. The van der Waals surface area contributed by atoms with Gasteiger partial charge in [0.1, 0.15) is 0 Å². The molecule has 5 heteroatoms. The molecule has 0 unspecified atom stereocenters. The van der Waals surface area contributed by atoms with Crippen LogP contribution in [0.25, 0.3) is 0 Å². The lowest BCUT2D eigenvalue weighted by molar-refractivity contribution is 0.0594. The Morgan fingerprint density at radius 3 is 2.71 bits per heavy atom. The zero-order chi connectivity index (χ0) is 13.1. The van der Waals surface area contributed by atoms with Crippen molar-refractivity contribution in [3.63, 3.8) is 0 Å². The van der Waals surface area contributed by atoms with E-state index in [0.29, 0.717) is 5.69 Å². The summed E-state index contributed by atoms with van der Waals surface area (Å²) in [5.41, 5.74) is 0.639. The van der Waals surface area contributed by atoms with E-state index in [1.807, 2.05) is 6.92 Å². The van der Waals surface area contributed by atoms with Gasteiger partial charge in [0, 0.05) is 11.4 Å². The van der Waals surface area contributed by atoms with Crippen molar-refractivity contribution < 1.29 is 9.53 Å². The van der Waals surface area contributed by atoms with Gasteiger partial charge in [0.15, 0.2) is 10.8 Å². The van der Waals surface area contributed by atoms with Crippen molar-refractivity contribution in [2.75, 3.05) is 19.0 Å². The third-order valence-electron chi connectivity index (χ3n) is 2.85. The topological polar surface area (TPSA) is 51.2 Å². The Morgan fingerprint density at radius 1 is 1.53 bits per heavy atom. The van der Waals surface area contributed by atoms with Gasteiger partial charge in [-0.25, -0.2) is 9.78 Å². The van der Waals surface area contributed by atoms with Crippen LogP contribution in [0.5, 0.6) is 0 Å². The molecule has 0 aliphatic carbocycles.